The fourth-order valence-electron chi connectivity index (χ4n) is 3.99. The number of amides is 1. The van der Waals surface area contributed by atoms with Gasteiger partial charge in [0.05, 0.1) is 11.3 Å². The number of anilines is 2. The molecule has 1 atom stereocenters. The van der Waals surface area contributed by atoms with Gasteiger partial charge in [-0.2, -0.15) is 0 Å². The van der Waals surface area contributed by atoms with Crippen LogP contribution in [-0.4, -0.2) is 33.4 Å². The molecule has 0 spiro atoms. The zero-order valence-corrected chi connectivity index (χ0v) is 16.8. The van der Waals surface area contributed by atoms with Gasteiger partial charge in [0.2, 0.25) is 0 Å². The first-order valence-corrected chi connectivity index (χ1v) is 10.2. The van der Waals surface area contributed by atoms with Gasteiger partial charge in [0, 0.05) is 35.6 Å². The number of aromatic nitrogens is 2. The molecule has 150 valence electrons. The molecule has 5 nitrogen and oxygen atoms in total. The highest BCUT2D eigenvalue weighted by Crippen LogP contribution is 2.31. The molecule has 0 unspecified atom stereocenters. The first-order valence-electron chi connectivity index (χ1n) is 10.2. The number of hydrogen-bond donors (Lipinski definition) is 1. The van der Waals surface area contributed by atoms with E-state index < -0.39 is 0 Å². The van der Waals surface area contributed by atoms with E-state index in [1.54, 1.807) is 18.3 Å². The molecule has 1 saturated heterocycles. The number of rotatable bonds is 4. The Hall–Kier alpha value is -3.02. The number of likely N-dealkylation sites (tertiary alicyclic amines) is 1. The van der Waals surface area contributed by atoms with Gasteiger partial charge in [-0.25, -0.2) is 14.4 Å². The Balaban J connectivity index is 1.81. The van der Waals surface area contributed by atoms with E-state index in [2.05, 4.69) is 22.2 Å². The smallest absolute Gasteiger partial charge is 0.257 e. The number of halogens is 1. The molecular formula is C23H25FN4O. The summed E-state index contributed by atoms with van der Waals surface area (Å²) >= 11 is 0. The second-order valence-corrected chi connectivity index (χ2v) is 7.56. The fourth-order valence-corrected chi connectivity index (χ4v) is 3.99. The summed E-state index contributed by atoms with van der Waals surface area (Å²) in [4.78, 5) is 24.5. The van der Waals surface area contributed by atoms with Gasteiger partial charge in [-0.05, 0) is 69.0 Å². The second-order valence-electron chi connectivity index (χ2n) is 7.56. The highest BCUT2D eigenvalue weighted by Gasteiger charge is 2.28. The van der Waals surface area contributed by atoms with Gasteiger partial charge in [-0.1, -0.05) is 6.92 Å². The summed E-state index contributed by atoms with van der Waals surface area (Å²) in [5.41, 5.74) is 3.34. The van der Waals surface area contributed by atoms with Crippen molar-refractivity contribution < 1.29 is 9.18 Å². The standard InChI is InChI=1S/C23H25FN4O/c1-3-18-6-4-5-13-28(18)23(29)20-14-25-22-19(12-7-15(2)26-22)21(20)27-17-10-8-16(24)9-11-17/h7-12,14,18H,3-6,13H2,1-2H3,(H,25,26,27)/t18-/m1/s1. The van der Waals surface area contributed by atoms with E-state index in [4.69, 9.17) is 0 Å². The zero-order chi connectivity index (χ0) is 20.4. The highest BCUT2D eigenvalue weighted by molar-refractivity contribution is 6.07. The van der Waals surface area contributed by atoms with E-state index in [9.17, 15) is 9.18 Å². The predicted octanol–water partition coefficient (Wildman–Crippen LogP) is 5.23. The molecule has 1 aromatic carbocycles. The summed E-state index contributed by atoms with van der Waals surface area (Å²) in [6.45, 7) is 4.80. The van der Waals surface area contributed by atoms with Gasteiger partial charge in [0.15, 0.2) is 5.65 Å². The van der Waals surface area contributed by atoms with Crippen molar-refractivity contribution in [3.63, 3.8) is 0 Å². The maximum Gasteiger partial charge on any atom is 0.257 e. The Bertz CT molecular complexity index is 1030. The maximum atomic E-state index is 13.5. The lowest BCUT2D eigenvalue weighted by molar-refractivity contribution is 0.0609. The molecule has 1 aliphatic rings. The number of carbonyl (C=O) groups is 1. The zero-order valence-electron chi connectivity index (χ0n) is 16.8. The molecule has 1 amide bonds. The van der Waals surface area contributed by atoms with Crippen LogP contribution in [0.2, 0.25) is 0 Å². The molecule has 29 heavy (non-hydrogen) atoms. The van der Waals surface area contributed by atoms with Crippen molar-refractivity contribution in [3.8, 4) is 0 Å². The van der Waals surface area contributed by atoms with Crippen molar-refractivity contribution in [3.05, 3.63) is 59.7 Å². The number of pyridine rings is 2. The van der Waals surface area contributed by atoms with Crippen LogP contribution in [0.3, 0.4) is 0 Å². The van der Waals surface area contributed by atoms with Crippen LogP contribution in [0.25, 0.3) is 11.0 Å². The SMILES string of the molecule is CC[C@@H]1CCCCN1C(=O)c1cnc2nc(C)ccc2c1Nc1ccc(F)cc1. The third-order valence-electron chi connectivity index (χ3n) is 5.57. The van der Waals surface area contributed by atoms with Crippen LogP contribution in [0.1, 0.15) is 48.7 Å². The molecule has 0 saturated carbocycles. The first kappa shape index (κ1) is 19.3. The Morgan fingerprint density at radius 1 is 1.21 bits per heavy atom. The van der Waals surface area contributed by atoms with Crippen LogP contribution in [0, 0.1) is 12.7 Å². The van der Waals surface area contributed by atoms with E-state index >= 15 is 0 Å². The molecule has 3 aromatic rings. The minimum absolute atomic E-state index is 0.0175. The molecule has 1 N–H and O–H groups in total. The van der Waals surface area contributed by atoms with Crippen molar-refractivity contribution in [1.29, 1.82) is 0 Å². The number of nitrogens with one attached hydrogen (secondary N) is 1. The van der Waals surface area contributed by atoms with Crippen LogP contribution in [0.5, 0.6) is 0 Å². The molecule has 0 radical (unpaired) electrons. The number of carbonyl (C=O) groups excluding carboxylic acids is 1. The summed E-state index contributed by atoms with van der Waals surface area (Å²) in [7, 11) is 0. The van der Waals surface area contributed by atoms with Gasteiger partial charge in [0.25, 0.3) is 5.91 Å². The quantitative estimate of drug-likeness (QED) is 0.661. The van der Waals surface area contributed by atoms with Crippen LogP contribution in [0.15, 0.2) is 42.6 Å². The largest absolute Gasteiger partial charge is 0.354 e. The van der Waals surface area contributed by atoms with Crippen LogP contribution < -0.4 is 5.32 Å². The van der Waals surface area contributed by atoms with Gasteiger partial charge < -0.3 is 10.2 Å². The first-order chi connectivity index (χ1) is 14.1. The molecule has 1 fully saturated rings. The average Bonchev–Trinajstić information content (AvgIpc) is 2.74. The van der Waals surface area contributed by atoms with Gasteiger partial charge in [-0.15, -0.1) is 0 Å². The number of piperidine rings is 1. The van der Waals surface area contributed by atoms with Crippen LogP contribution >= 0.6 is 0 Å². The molecular weight excluding hydrogens is 367 g/mol. The molecule has 2 aromatic heterocycles. The molecule has 4 rings (SSSR count). The normalized spacial score (nSPS) is 16.8. The molecule has 1 aliphatic heterocycles. The van der Waals surface area contributed by atoms with Gasteiger partial charge in [0.1, 0.15) is 5.82 Å². The highest BCUT2D eigenvalue weighted by atomic mass is 19.1. The lowest BCUT2D eigenvalue weighted by Crippen LogP contribution is -2.43. The third kappa shape index (κ3) is 3.92. The monoisotopic (exact) mass is 392 g/mol. The van der Waals surface area contributed by atoms with Crippen molar-refractivity contribution >= 4 is 28.3 Å². The molecule has 6 heteroatoms. The number of aryl methyl sites for hydroxylation is 1. The van der Waals surface area contributed by atoms with Crippen molar-refractivity contribution in [2.75, 3.05) is 11.9 Å². The Morgan fingerprint density at radius 2 is 2.00 bits per heavy atom. The average molecular weight is 392 g/mol. The van der Waals surface area contributed by atoms with E-state index in [0.717, 1.165) is 43.3 Å². The van der Waals surface area contributed by atoms with Crippen molar-refractivity contribution in [2.24, 2.45) is 0 Å². The lowest BCUT2D eigenvalue weighted by Gasteiger charge is -2.35. The predicted molar refractivity (Wildman–Crippen MR) is 113 cm³/mol. The summed E-state index contributed by atoms with van der Waals surface area (Å²) < 4.78 is 13.3. The van der Waals surface area contributed by atoms with E-state index in [-0.39, 0.29) is 17.8 Å². The number of benzene rings is 1. The van der Waals surface area contributed by atoms with Crippen molar-refractivity contribution in [1.82, 2.24) is 14.9 Å². The molecule has 0 aliphatic carbocycles. The van der Waals surface area contributed by atoms with Crippen LogP contribution in [0.4, 0.5) is 15.8 Å². The van der Waals surface area contributed by atoms with Gasteiger partial charge in [-0.3, -0.25) is 4.79 Å². The second kappa shape index (κ2) is 8.15. The summed E-state index contributed by atoms with van der Waals surface area (Å²) in [6.07, 6.45) is 5.76. The third-order valence-corrected chi connectivity index (χ3v) is 5.57. The molecule has 0 bridgehead atoms. The van der Waals surface area contributed by atoms with E-state index in [1.807, 2.05) is 24.0 Å². The summed E-state index contributed by atoms with van der Waals surface area (Å²) in [6, 6.07) is 10.2. The topological polar surface area (TPSA) is 58.1 Å². The number of nitrogens with zero attached hydrogens (tertiary/aromatic N) is 3. The van der Waals surface area contributed by atoms with Crippen molar-refractivity contribution in [2.45, 2.75) is 45.6 Å². The minimum atomic E-state index is -0.303. The number of hydrogen-bond acceptors (Lipinski definition) is 4. The maximum absolute atomic E-state index is 13.5. The van der Waals surface area contributed by atoms with Crippen LogP contribution in [-0.2, 0) is 0 Å². The summed E-state index contributed by atoms with van der Waals surface area (Å²) in [5.74, 6) is -0.320. The van der Waals surface area contributed by atoms with E-state index in [1.165, 1.54) is 12.1 Å². The lowest BCUT2D eigenvalue weighted by atomic mass is 9.98. The summed E-state index contributed by atoms with van der Waals surface area (Å²) in [5, 5.41) is 4.09. The Kier molecular flexibility index (Phi) is 5.43. The molecule has 3 heterocycles. The van der Waals surface area contributed by atoms with E-state index in [0.29, 0.717) is 22.6 Å². The van der Waals surface area contributed by atoms with Gasteiger partial charge >= 0.3 is 0 Å². The fraction of sp³-hybridized carbons (Fsp3) is 0.348. The Labute approximate surface area is 170 Å². The number of fused-ring (bicyclic) bond motifs is 1. The Morgan fingerprint density at radius 3 is 2.76 bits per heavy atom. The minimum Gasteiger partial charge on any atom is -0.354 e.